The SMILES string of the molecule is C/C(=N\N1CCOCC1)c1ccc2c(c1)OCCO2. The Morgan fingerprint density at radius 2 is 1.79 bits per heavy atom. The number of nitrogens with zero attached hydrogens (tertiary/aromatic N) is 2. The van der Waals surface area contributed by atoms with Crippen LogP contribution in [0.15, 0.2) is 23.3 Å². The molecule has 0 unspecified atom stereocenters. The van der Waals surface area contributed by atoms with Gasteiger partial charge in [-0.05, 0) is 25.1 Å². The molecule has 0 bridgehead atoms. The highest BCUT2D eigenvalue weighted by Crippen LogP contribution is 2.30. The summed E-state index contributed by atoms with van der Waals surface area (Å²) in [5.41, 5.74) is 2.05. The third-order valence-corrected chi connectivity index (χ3v) is 3.24. The Morgan fingerprint density at radius 3 is 2.58 bits per heavy atom. The van der Waals surface area contributed by atoms with Crippen LogP contribution < -0.4 is 9.47 Å². The van der Waals surface area contributed by atoms with Crippen LogP contribution in [0.2, 0.25) is 0 Å². The molecule has 102 valence electrons. The maximum absolute atomic E-state index is 5.59. The van der Waals surface area contributed by atoms with Crippen LogP contribution in [-0.2, 0) is 4.74 Å². The van der Waals surface area contributed by atoms with Crippen LogP contribution in [0.25, 0.3) is 0 Å². The number of ether oxygens (including phenoxy) is 3. The van der Waals surface area contributed by atoms with Gasteiger partial charge < -0.3 is 14.2 Å². The summed E-state index contributed by atoms with van der Waals surface area (Å²) in [6, 6.07) is 5.96. The van der Waals surface area contributed by atoms with E-state index in [1.165, 1.54) is 0 Å². The molecule has 2 aliphatic heterocycles. The average molecular weight is 262 g/mol. The van der Waals surface area contributed by atoms with Crippen molar-refractivity contribution in [3.63, 3.8) is 0 Å². The standard InChI is InChI=1S/C14H18N2O3/c1-11(15-16-4-6-17-7-5-16)12-2-3-13-14(10-12)19-9-8-18-13/h2-3,10H,4-9H2,1H3/b15-11+. The van der Waals surface area contributed by atoms with Crippen molar-refractivity contribution < 1.29 is 14.2 Å². The number of hydrogen-bond acceptors (Lipinski definition) is 5. The summed E-state index contributed by atoms with van der Waals surface area (Å²) in [6.07, 6.45) is 0. The lowest BCUT2D eigenvalue weighted by molar-refractivity contribution is 0.0393. The molecule has 5 heteroatoms. The third-order valence-electron chi connectivity index (χ3n) is 3.24. The minimum absolute atomic E-state index is 0.607. The third kappa shape index (κ3) is 2.81. The molecule has 2 heterocycles. The van der Waals surface area contributed by atoms with E-state index in [4.69, 9.17) is 14.2 Å². The first-order valence-corrected chi connectivity index (χ1v) is 6.61. The Bertz CT molecular complexity index is 482. The largest absolute Gasteiger partial charge is 0.486 e. The molecule has 3 rings (SSSR count). The number of fused-ring (bicyclic) bond motifs is 1. The molecule has 0 radical (unpaired) electrons. The summed E-state index contributed by atoms with van der Waals surface area (Å²) in [5.74, 6) is 1.62. The van der Waals surface area contributed by atoms with Gasteiger partial charge in [-0.2, -0.15) is 5.10 Å². The van der Waals surface area contributed by atoms with E-state index in [0.717, 1.165) is 49.1 Å². The molecule has 5 nitrogen and oxygen atoms in total. The number of rotatable bonds is 2. The lowest BCUT2D eigenvalue weighted by atomic mass is 10.1. The maximum Gasteiger partial charge on any atom is 0.162 e. The van der Waals surface area contributed by atoms with E-state index in [9.17, 15) is 0 Å². The molecule has 2 aliphatic rings. The topological polar surface area (TPSA) is 43.3 Å². The van der Waals surface area contributed by atoms with Gasteiger partial charge in [0, 0.05) is 5.56 Å². The lowest BCUT2D eigenvalue weighted by Gasteiger charge is -2.25. The van der Waals surface area contributed by atoms with Crippen molar-refractivity contribution in [2.45, 2.75) is 6.92 Å². The predicted octanol–water partition coefficient (Wildman–Crippen LogP) is 1.51. The second-order valence-electron chi connectivity index (χ2n) is 4.61. The van der Waals surface area contributed by atoms with Gasteiger partial charge in [0.1, 0.15) is 13.2 Å². The van der Waals surface area contributed by atoms with E-state index in [1.807, 2.05) is 25.1 Å². The van der Waals surface area contributed by atoms with Crippen molar-refractivity contribution in [2.24, 2.45) is 5.10 Å². The Balaban J connectivity index is 1.78. The van der Waals surface area contributed by atoms with Crippen LogP contribution in [0.3, 0.4) is 0 Å². The normalized spacial score (nSPS) is 19.4. The molecule has 19 heavy (non-hydrogen) atoms. The first-order chi connectivity index (χ1) is 9.33. The van der Waals surface area contributed by atoms with Gasteiger partial charge in [0.25, 0.3) is 0 Å². The zero-order valence-electron chi connectivity index (χ0n) is 11.1. The summed E-state index contributed by atoms with van der Waals surface area (Å²) in [5, 5.41) is 6.68. The fraction of sp³-hybridized carbons (Fsp3) is 0.500. The molecule has 0 N–H and O–H groups in total. The Morgan fingerprint density at radius 1 is 1.05 bits per heavy atom. The van der Waals surface area contributed by atoms with E-state index in [1.54, 1.807) is 0 Å². The van der Waals surface area contributed by atoms with Crippen LogP contribution >= 0.6 is 0 Å². The van der Waals surface area contributed by atoms with Crippen molar-refractivity contribution in [3.8, 4) is 11.5 Å². The Labute approximate surface area is 112 Å². The minimum Gasteiger partial charge on any atom is -0.486 e. The van der Waals surface area contributed by atoms with Crippen molar-refractivity contribution in [1.82, 2.24) is 5.01 Å². The van der Waals surface area contributed by atoms with Crippen LogP contribution in [-0.4, -0.2) is 50.2 Å². The number of benzene rings is 1. The fourth-order valence-electron chi connectivity index (χ4n) is 2.19. The first kappa shape index (κ1) is 12.3. The van der Waals surface area contributed by atoms with Crippen LogP contribution in [0.5, 0.6) is 11.5 Å². The van der Waals surface area contributed by atoms with Crippen molar-refractivity contribution in [2.75, 3.05) is 39.5 Å². The number of morpholine rings is 1. The van der Waals surface area contributed by atoms with Gasteiger partial charge in [-0.25, -0.2) is 0 Å². The van der Waals surface area contributed by atoms with Gasteiger partial charge >= 0.3 is 0 Å². The van der Waals surface area contributed by atoms with Gasteiger partial charge in [0.15, 0.2) is 11.5 Å². The molecule has 0 saturated carbocycles. The van der Waals surface area contributed by atoms with Gasteiger partial charge in [0.05, 0.1) is 32.0 Å². The zero-order valence-corrected chi connectivity index (χ0v) is 11.1. The summed E-state index contributed by atoms with van der Waals surface area (Å²) in [4.78, 5) is 0. The molecular formula is C14H18N2O3. The van der Waals surface area contributed by atoms with Gasteiger partial charge in [-0.15, -0.1) is 0 Å². The molecule has 0 aromatic heterocycles. The second kappa shape index (κ2) is 5.48. The van der Waals surface area contributed by atoms with Crippen LogP contribution in [0.1, 0.15) is 12.5 Å². The lowest BCUT2D eigenvalue weighted by Crippen LogP contribution is -2.33. The number of hydrazone groups is 1. The smallest absolute Gasteiger partial charge is 0.162 e. The highest BCUT2D eigenvalue weighted by atomic mass is 16.6. The molecule has 0 spiro atoms. The second-order valence-corrected chi connectivity index (χ2v) is 4.61. The summed E-state index contributed by atoms with van der Waals surface area (Å²) < 4.78 is 16.4. The summed E-state index contributed by atoms with van der Waals surface area (Å²) >= 11 is 0. The molecule has 1 aromatic rings. The maximum atomic E-state index is 5.59. The molecule has 0 amide bonds. The minimum atomic E-state index is 0.607. The zero-order chi connectivity index (χ0) is 13.1. The van der Waals surface area contributed by atoms with Crippen molar-refractivity contribution in [3.05, 3.63) is 23.8 Å². The predicted molar refractivity (Wildman–Crippen MR) is 72.0 cm³/mol. The summed E-state index contributed by atoms with van der Waals surface area (Å²) in [6.45, 7) is 6.43. The average Bonchev–Trinajstić information content (AvgIpc) is 2.48. The first-order valence-electron chi connectivity index (χ1n) is 6.61. The Hall–Kier alpha value is -1.75. The van der Waals surface area contributed by atoms with Gasteiger partial charge in [0.2, 0.25) is 0 Å². The molecular weight excluding hydrogens is 244 g/mol. The van der Waals surface area contributed by atoms with Crippen LogP contribution in [0, 0.1) is 0 Å². The number of hydrogen-bond donors (Lipinski definition) is 0. The molecule has 0 atom stereocenters. The molecule has 1 fully saturated rings. The van der Waals surface area contributed by atoms with E-state index in [2.05, 4.69) is 10.1 Å². The van der Waals surface area contributed by atoms with Gasteiger partial charge in [-0.3, -0.25) is 5.01 Å². The van der Waals surface area contributed by atoms with E-state index < -0.39 is 0 Å². The quantitative estimate of drug-likeness (QED) is 0.758. The Kier molecular flexibility index (Phi) is 3.55. The van der Waals surface area contributed by atoms with Crippen LogP contribution in [0.4, 0.5) is 0 Å². The monoisotopic (exact) mass is 262 g/mol. The molecule has 1 aromatic carbocycles. The molecule has 1 saturated heterocycles. The van der Waals surface area contributed by atoms with Gasteiger partial charge in [-0.1, -0.05) is 0 Å². The summed E-state index contributed by atoms with van der Waals surface area (Å²) in [7, 11) is 0. The highest BCUT2D eigenvalue weighted by molar-refractivity contribution is 5.99. The van der Waals surface area contributed by atoms with Crippen molar-refractivity contribution in [1.29, 1.82) is 0 Å². The fourth-order valence-corrected chi connectivity index (χ4v) is 2.19. The van der Waals surface area contributed by atoms with Crippen molar-refractivity contribution >= 4 is 5.71 Å². The van der Waals surface area contributed by atoms with E-state index in [0.29, 0.717) is 13.2 Å². The van der Waals surface area contributed by atoms with E-state index in [-0.39, 0.29) is 0 Å². The highest BCUT2D eigenvalue weighted by Gasteiger charge is 2.13. The van der Waals surface area contributed by atoms with E-state index >= 15 is 0 Å². The molecule has 0 aliphatic carbocycles.